The van der Waals surface area contributed by atoms with Gasteiger partial charge in [-0.3, -0.25) is 14.6 Å². The van der Waals surface area contributed by atoms with Crippen LogP contribution in [0.3, 0.4) is 0 Å². The molecule has 1 aromatic carbocycles. The number of hydrogen-bond acceptors (Lipinski definition) is 10. The highest BCUT2D eigenvalue weighted by Gasteiger charge is 2.37. The second-order valence-electron chi connectivity index (χ2n) is 10.8. The molecule has 1 fully saturated rings. The van der Waals surface area contributed by atoms with E-state index >= 15 is 0 Å². The first-order chi connectivity index (χ1) is 20.9. The minimum Gasteiger partial charge on any atom is -0.397 e. The van der Waals surface area contributed by atoms with Gasteiger partial charge in [0.25, 0.3) is 5.91 Å². The van der Waals surface area contributed by atoms with Gasteiger partial charge in [0, 0.05) is 68.0 Å². The Morgan fingerprint density at radius 3 is 2.57 bits per heavy atom. The Morgan fingerprint density at radius 1 is 1.25 bits per heavy atom. The predicted molar refractivity (Wildman–Crippen MR) is 165 cm³/mol. The molecule has 0 aliphatic carbocycles. The number of para-hydroxylation sites is 1. The van der Waals surface area contributed by atoms with Crippen LogP contribution in [0.2, 0.25) is 0 Å². The largest absolute Gasteiger partial charge is 0.417 e. The lowest BCUT2D eigenvalue weighted by molar-refractivity contribution is -0.136. The Kier molecular flexibility index (Phi) is 8.77. The Hall–Kier alpha value is -4.27. The number of rotatable bonds is 9. The summed E-state index contributed by atoms with van der Waals surface area (Å²) in [5.41, 5.74) is 13.4. The number of aliphatic hydroxyl groups excluding tert-OH is 1. The molecular weight excluding hydrogens is 595 g/mol. The molecule has 3 aromatic heterocycles. The number of aliphatic hydroxyl groups is 1. The molecular formula is C30H32F3N7O3S. The number of piperidine rings is 1. The van der Waals surface area contributed by atoms with Gasteiger partial charge >= 0.3 is 6.18 Å². The summed E-state index contributed by atoms with van der Waals surface area (Å²) < 4.78 is 41.9. The van der Waals surface area contributed by atoms with Gasteiger partial charge in [0.2, 0.25) is 0 Å². The number of nitrogens with two attached hydrogens (primary N) is 2. The average Bonchev–Trinajstić information content (AvgIpc) is 3.35. The summed E-state index contributed by atoms with van der Waals surface area (Å²) in [4.78, 5) is 35.6. The van der Waals surface area contributed by atoms with E-state index in [1.165, 1.54) is 0 Å². The molecule has 4 heterocycles. The van der Waals surface area contributed by atoms with Crippen LogP contribution in [0, 0.1) is 0 Å². The van der Waals surface area contributed by atoms with Crippen LogP contribution in [0.25, 0.3) is 21.3 Å². The van der Waals surface area contributed by atoms with Crippen molar-refractivity contribution in [1.82, 2.24) is 15.3 Å². The van der Waals surface area contributed by atoms with Gasteiger partial charge < -0.3 is 31.7 Å². The van der Waals surface area contributed by atoms with Crippen molar-refractivity contribution in [3.05, 3.63) is 64.3 Å². The molecule has 1 amide bonds. The first-order valence-electron chi connectivity index (χ1n) is 13.9. The number of nitrogen functional groups attached to an aromatic ring is 1. The van der Waals surface area contributed by atoms with Crippen LogP contribution in [0.15, 0.2) is 42.6 Å². The quantitative estimate of drug-likeness (QED) is 0.200. The summed E-state index contributed by atoms with van der Waals surface area (Å²) >= 11 is 0.754. The molecule has 1 atom stereocenters. The number of fused-ring (bicyclic) bond motifs is 1. The molecule has 6 N–H and O–H groups in total. The molecule has 14 heteroatoms. The van der Waals surface area contributed by atoms with E-state index in [0.717, 1.165) is 40.5 Å². The lowest BCUT2D eigenvalue weighted by atomic mass is 10.0. The van der Waals surface area contributed by atoms with Gasteiger partial charge in [0.05, 0.1) is 22.6 Å². The van der Waals surface area contributed by atoms with Gasteiger partial charge in [-0.15, -0.1) is 11.3 Å². The number of primary amides is 1. The van der Waals surface area contributed by atoms with Crippen molar-refractivity contribution in [3.63, 3.8) is 0 Å². The highest BCUT2D eigenvalue weighted by Crippen LogP contribution is 2.43. The number of carbonyl (C=O) groups excluding carboxylic acids is 2. The minimum absolute atomic E-state index is 0.0115. The number of benzene rings is 1. The van der Waals surface area contributed by atoms with Crippen molar-refractivity contribution in [2.75, 3.05) is 49.3 Å². The molecule has 1 saturated heterocycles. The lowest BCUT2D eigenvalue weighted by Gasteiger charge is -2.34. The van der Waals surface area contributed by atoms with E-state index in [1.807, 2.05) is 37.2 Å². The van der Waals surface area contributed by atoms with E-state index in [2.05, 4.69) is 15.3 Å². The summed E-state index contributed by atoms with van der Waals surface area (Å²) in [6, 6.07) is 10.1. The Morgan fingerprint density at radius 2 is 1.98 bits per heavy atom. The van der Waals surface area contributed by atoms with Crippen LogP contribution in [0.4, 0.5) is 30.4 Å². The van der Waals surface area contributed by atoms with Gasteiger partial charge in [0.15, 0.2) is 6.29 Å². The van der Waals surface area contributed by atoms with Gasteiger partial charge in [0.1, 0.15) is 21.6 Å². The molecule has 10 nitrogen and oxygen atoms in total. The smallest absolute Gasteiger partial charge is 0.397 e. The fraction of sp³-hybridized carbons (Fsp3) is 0.333. The van der Waals surface area contributed by atoms with E-state index in [1.54, 1.807) is 23.2 Å². The van der Waals surface area contributed by atoms with Gasteiger partial charge in [-0.25, -0.2) is 4.98 Å². The van der Waals surface area contributed by atoms with Crippen LogP contribution in [-0.4, -0.2) is 67.0 Å². The highest BCUT2D eigenvalue weighted by atomic mass is 32.1. The van der Waals surface area contributed by atoms with Crippen molar-refractivity contribution in [2.24, 2.45) is 5.73 Å². The van der Waals surface area contributed by atoms with Gasteiger partial charge in [-0.1, -0.05) is 18.2 Å². The molecule has 0 bridgehead atoms. The van der Waals surface area contributed by atoms with Crippen molar-refractivity contribution in [1.29, 1.82) is 0 Å². The van der Waals surface area contributed by atoms with E-state index < -0.39 is 23.8 Å². The third kappa shape index (κ3) is 6.18. The molecule has 0 saturated carbocycles. The second kappa shape index (κ2) is 12.4. The fourth-order valence-corrected chi connectivity index (χ4v) is 6.49. The summed E-state index contributed by atoms with van der Waals surface area (Å²) in [6.07, 6.45) is -1.87. The van der Waals surface area contributed by atoms with Crippen LogP contribution < -0.4 is 26.6 Å². The van der Waals surface area contributed by atoms with Crippen LogP contribution in [0.1, 0.15) is 50.2 Å². The monoisotopic (exact) mass is 627 g/mol. The number of aromatic nitrogens is 2. The number of halogens is 3. The SMILES string of the molecule is CN(C)c1c(C=O)cccc1-c1ccc(C(O)CNC2CCN(c3cc(C(F)(F)F)c4c(N)c(C(N)=O)sc4n3)CC2)nc1. The minimum atomic E-state index is -4.70. The summed E-state index contributed by atoms with van der Waals surface area (Å²) in [5.74, 6) is -0.746. The average molecular weight is 628 g/mol. The van der Waals surface area contributed by atoms with E-state index in [9.17, 15) is 27.9 Å². The van der Waals surface area contributed by atoms with Gasteiger partial charge in [-0.05, 0) is 31.0 Å². The Labute approximate surface area is 255 Å². The van der Waals surface area contributed by atoms with Crippen LogP contribution in [0.5, 0.6) is 0 Å². The molecule has 1 aliphatic heterocycles. The number of nitrogens with zero attached hydrogens (tertiary/aromatic N) is 4. The summed E-state index contributed by atoms with van der Waals surface area (Å²) in [6.45, 7) is 1.12. The molecule has 4 aromatic rings. The van der Waals surface area contributed by atoms with Crippen molar-refractivity contribution >= 4 is 50.9 Å². The molecule has 0 spiro atoms. The molecule has 232 valence electrons. The zero-order valence-corrected chi connectivity index (χ0v) is 24.9. The number of alkyl halides is 3. The number of amides is 1. The number of carbonyl (C=O) groups is 2. The van der Waals surface area contributed by atoms with Crippen molar-refractivity contribution in [2.45, 2.75) is 31.2 Å². The Bertz CT molecular complexity index is 1680. The fourth-order valence-electron chi connectivity index (χ4n) is 5.52. The lowest BCUT2D eigenvalue weighted by Crippen LogP contribution is -2.44. The van der Waals surface area contributed by atoms with Crippen molar-refractivity contribution < 1.29 is 27.9 Å². The third-order valence-electron chi connectivity index (χ3n) is 7.71. The zero-order chi connectivity index (χ0) is 31.8. The first kappa shape index (κ1) is 31.2. The first-order valence-corrected chi connectivity index (χ1v) is 14.7. The van der Waals surface area contributed by atoms with E-state index in [0.29, 0.717) is 37.2 Å². The van der Waals surface area contributed by atoms with E-state index in [4.69, 9.17) is 11.5 Å². The molecule has 0 radical (unpaired) electrons. The normalized spacial score (nSPS) is 15.0. The highest BCUT2D eigenvalue weighted by molar-refractivity contribution is 7.21. The predicted octanol–water partition coefficient (Wildman–Crippen LogP) is 4.23. The van der Waals surface area contributed by atoms with E-state index in [-0.39, 0.29) is 39.2 Å². The number of thiophene rings is 1. The maximum absolute atomic E-state index is 14.0. The summed E-state index contributed by atoms with van der Waals surface area (Å²) in [5, 5.41) is 13.8. The topological polar surface area (TPSA) is 151 Å². The number of pyridine rings is 2. The van der Waals surface area contributed by atoms with Crippen LogP contribution in [-0.2, 0) is 6.18 Å². The summed E-state index contributed by atoms with van der Waals surface area (Å²) in [7, 11) is 3.73. The molecule has 5 rings (SSSR count). The number of aldehydes is 1. The number of nitrogens with one attached hydrogen (secondary N) is 1. The number of anilines is 3. The Balaban J connectivity index is 1.22. The zero-order valence-electron chi connectivity index (χ0n) is 24.1. The standard InChI is InChI=1S/C30H32F3N7O3S/c1-39(2)26-17(15-41)4-3-5-19(26)16-6-7-21(37-13-16)22(42)14-36-18-8-10-40(11-9-18)23-12-20(30(31,32)33)24-25(34)27(28(35)43)44-29(24)38-23/h3-7,12-13,15,18,22,36,42H,8-11,14,34H2,1-2H3,(H2,35,43). The molecule has 1 unspecified atom stereocenters. The van der Waals surface area contributed by atoms with Crippen LogP contribution >= 0.6 is 11.3 Å². The van der Waals surface area contributed by atoms with Gasteiger partial charge in [-0.2, -0.15) is 13.2 Å². The molecule has 1 aliphatic rings. The maximum atomic E-state index is 14.0. The number of hydrogen-bond donors (Lipinski definition) is 4. The maximum Gasteiger partial charge on any atom is 0.417 e. The third-order valence-corrected chi connectivity index (χ3v) is 8.83. The molecule has 44 heavy (non-hydrogen) atoms. The van der Waals surface area contributed by atoms with Crippen molar-refractivity contribution in [3.8, 4) is 11.1 Å². The second-order valence-corrected chi connectivity index (χ2v) is 11.8.